The zero-order chi connectivity index (χ0) is 7.40. The van der Waals surface area contributed by atoms with Gasteiger partial charge in [-0.15, -0.1) is 12.3 Å². The number of hydrogen-bond donors (Lipinski definition) is 1. The molecule has 0 saturated heterocycles. The van der Waals surface area contributed by atoms with Crippen molar-refractivity contribution in [2.75, 3.05) is 0 Å². The topological polar surface area (TPSA) is 26.0 Å². The molecule has 2 heteroatoms. The molecule has 0 bridgehead atoms. The van der Waals surface area contributed by atoms with Gasteiger partial charge in [0.25, 0.3) is 0 Å². The fraction of sp³-hybridized carbons (Fsp3) is 0.250. The number of terminal acetylenes is 1. The van der Waals surface area contributed by atoms with Crippen molar-refractivity contribution in [1.29, 1.82) is 0 Å². The molecule has 0 saturated carbocycles. The number of hydrogen-bond acceptors (Lipinski definition) is 2. The fourth-order valence-electron chi connectivity index (χ4n) is 0.731. The predicted molar refractivity (Wildman–Crippen MR) is 44.7 cm³/mol. The average Bonchev–Trinajstić information content (AvgIpc) is 2.38. The van der Waals surface area contributed by atoms with Crippen LogP contribution in [0.5, 0.6) is 0 Å². The summed E-state index contributed by atoms with van der Waals surface area (Å²) >= 11 is 1.65. The minimum Gasteiger partial charge on any atom is -0.323 e. The lowest BCUT2D eigenvalue weighted by atomic mass is 10.1. The van der Waals surface area contributed by atoms with Crippen LogP contribution in [0, 0.1) is 12.3 Å². The second-order valence-corrected chi connectivity index (χ2v) is 2.85. The van der Waals surface area contributed by atoms with Crippen LogP contribution in [0.25, 0.3) is 0 Å². The molecule has 0 spiro atoms. The molecule has 0 amide bonds. The maximum absolute atomic E-state index is 5.71. The van der Waals surface area contributed by atoms with E-state index in [9.17, 15) is 0 Å². The summed E-state index contributed by atoms with van der Waals surface area (Å²) in [5, 5.41) is 4.04. The first-order chi connectivity index (χ1) is 4.84. The van der Waals surface area contributed by atoms with Crippen molar-refractivity contribution in [1.82, 2.24) is 0 Å². The van der Waals surface area contributed by atoms with Crippen molar-refractivity contribution in [3.63, 3.8) is 0 Å². The van der Waals surface area contributed by atoms with Gasteiger partial charge in [0.15, 0.2) is 0 Å². The van der Waals surface area contributed by atoms with Gasteiger partial charge in [0.1, 0.15) is 0 Å². The molecule has 0 aromatic carbocycles. The molecule has 1 atom stereocenters. The van der Waals surface area contributed by atoms with Crippen LogP contribution in [0.3, 0.4) is 0 Å². The average molecular weight is 151 g/mol. The molecule has 10 heavy (non-hydrogen) atoms. The Hall–Kier alpha value is -0.780. The molecule has 0 aliphatic carbocycles. The lowest BCUT2D eigenvalue weighted by Crippen LogP contribution is -2.07. The SMILES string of the molecule is C#CCC(N)c1ccsc1. The van der Waals surface area contributed by atoms with Gasteiger partial charge in [-0.1, -0.05) is 0 Å². The van der Waals surface area contributed by atoms with E-state index in [1.165, 1.54) is 0 Å². The molecule has 1 rings (SSSR count). The first kappa shape index (κ1) is 7.33. The zero-order valence-electron chi connectivity index (χ0n) is 5.58. The monoisotopic (exact) mass is 151 g/mol. The lowest BCUT2D eigenvalue weighted by molar-refractivity contribution is 0.758. The summed E-state index contributed by atoms with van der Waals surface area (Å²) in [6.07, 6.45) is 5.73. The zero-order valence-corrected chi connectivity index (χ0v) is 6.40. The Bertz CT molecular complexity index is 220. The largest absolute Gasteiger partial charge is 0.323 e. The first-order valence-corrected chi connectivity index (χ1v) is 4.00. The Labute approximate surface area is 64.9 Å². The molecule has 0 aliphatic heterocycles. The van der Waals surface area contributed by atoms with Gasteiger partial charge in [-0.25, -0.2) is 0 Å². The van der Waals surface area contributed by atoms with Crippen molar-refractivity contribution in [3.8, 4) is 12.3 Å². The third-order valence-electron chi connectivity index (χ3n) is 1.31. The molecule has 0 aliphatic rings. The minimum absolute atomic E-state index is 0.0243. The summed E-state index contributed by atoms with van der Waals surface area (Å²) < 4.78 is 0. The quantitative estimate of drug-likeness (QED) is 0.640. The molecule has 0 radical (unpaired) electrons. The second-order valence-electron chi connectivity index (χ2n) is 2.07. The van der Waals surface area contributed by atoms with Crippen LogP contribution in [-0.2, 0) is 0 Å². The van der Waals surface area contributed by atoms with E-state index in [1.807, 2.05) is 16.8 Å². The van der Waals surface area contributed by atoms with Crippen molar-refractivity contribution >= 4 is 11.3 Å². The maximum Gasteiger partial charge on any atom is 0.0414 e. The third kappa shape index (κ3) is 1.60. The highest BCUT2D eigenvalue weighted by Crippen LogP contribution is 2.15. The molecule has 1 aromatic heterocycles. The predicted octanol–water partition coefficient (Wildman–Crippen LogP) is 1.77. The highest BCUT2D eigenvalue weighted by Gasteiger charge is 2.02. The van der Waals surface area contributed by atoms with Crippen molar-refractivity contribution in [2.24, 2.45) is 5.73 Å². The Morgan fingerprint density at radius 3 is 3.10 bits per heavy atom. The Kier molecular flexibility index (Phi) is 2.49. The number of rotatable bonds is 2. The summed E-state index contributed by atoms with van der Waals surface area (Å²) in [6, 6.07) is 2.03. The normalized spacial score (nSPS) is 12.4. The van der Waals surface area contributed by atoms with Crippen molar-refractivity contribution in [3.05, 3.63) is 22.4 Å². The Morgan fingerprint density at radius 1 is 1.80 bits per heavy atom. The van der Waals surface area contributed by atoms with E-state index in [1.54, 1.807) is 11.3 Å². The van der Waals surface area contributed by atoms with Crippen LogP contribution in [-0.4, -0.2) is 0 Å². The van der Waals surface area contributed by atoms with E-state index in [2.05, 4.69) is 5.92 Å². The van der Waals surface area contributed by atoms with Crippen molar-refractivity contribution in [2.45, 2.75) is 12.5 Å². The third-order valence-corrected chi connectivity index (χ3v) is 2.01. The molecular formula is C8H9NS. The van der Waals surface area contributed by atoms with E-state index < -0.39 is 0 Å². The van der Waals surface area contributed by atoms with Gasteiger partial charge in [0.2, 0.25) is 0 Å². The molecule has 1 nitrogen and oxygen atoms in total. The van der Waals surface area contributed by atoms with Crippen LogP contribution in [0.15, 0.2) is 16.8 Å². The molecule has 1 unspecified atom stereocenters. The first-order valence-electron chi connectivity index (χ1n) is 3.05. The molecule has 2 N–H and O–H groups in total. The summed E-state index contributed by atoms with van der Waals surface area (Å²) in [5.41, 5.74) is 6.86. The highest BCUT2D eigenvalue weighted by atomic mass is 32.1. The van der Waals surface area contributed by atoms with E-state index in [0.717, 1.165) is 5.56 Å². The molecular weight excluding hydrogens is 142 g/mol. The Morgan fingerprint density at radius 2 is 2.60 bits per heavy atom. The molecule has 0 fully saturated rings. The smallest absolute Gasteiger partial charge is 0.0414 e. The maximum atomic E-state index is 5.71. The van der Waals surface area contributed by atoms with Crippen molar-refractivity contribution < 1.29 is 0 Å². The lowest BCUT2D eigenvalue weighted by Gasteiger charge is -2.02. The van der Waals surface area contributed by atoms with E-state index in [4.69, 9.17) is 12.2 Å². The summed E-state index contributed by atoms with van der Waals surface area (Å²) in [7, 11) is 0. The number of thiophene rings is 1. The second kappa shape index (κ2) is 3.40. The van der Waals surface area contributed by atoms with Crippen LogP contribution in [0.2, 0.25) is 0 Å². The van der Waals surface area contributed by atoms with Gasteiger partial charge >= 0.3 is 0 Å². The molecule has 52 valence electrons. The van der Waals surface area contributed by atoms with E-state index in [0.29, 0.717) is 6.42 Å². The minimum atomic E-state index is 0.0243. The van der Waals surface area contributed by atoms with Crippen LogP contribution in [0.1, 0.15) is 18.0 Å². The molecule has 1 aromatic rings. The van der Waals surface area contributed by atoms with E-state index in [-0.39, 0.29) is 6.04 Å². The summed E-state index contributed by atoms with van der Waals surface area (Å²) in [6.45, 7) is 0. The summed E-state index contributed by atoms with van der Waals surface area (Å²) in [4.78, 5) is 0. The highest BCUT2D eigenvalue weighted by molar-refractivity contribution is 7.07. The van der Waals surface area contributed by atoms with E-state index >= 15 is 0 Å². The van der Waals surface area contributed by atoms with Crippen LogP contribution in [0.4, 0.5) is 0 Å². The van der Waals surface area contributed by atoms with Gasteiger partial charge in [-0.3, -0.25) is 0 Å². The van der Waals surface area contributed by atoms with Gasteiger partial charge in [0.05, 0.1) is 0 Å². The van der Waals surface area contributed by atoms with Gasteiger partial charge in [-0.2, -0.15) is 11.3 Å². The molecule has 1 heterocycles. The van der Waals surface area contributed by atoms with Gasteiger partial charge in [-0.05, 0) is 22.4 Å². The van der Waals surface area contributed by atoms with Gasteiger partial charge in [0, 0.05) is 12.5 Å². The number of nitrogens with two attached hydrogens (primary N) is 1. The fourth-order valence-corrected chi connectivity index (χ4v) is 1.46. The standard InChI is InChI=1S/C8H9NS/c1-2-3-8(9)7-4-5-10-6-7/h1,4-6,8H,3,9H2. The van der Waals surface area contributed by atoms with Crippen LogP contribution >= 0.6 is 11.3 Å². The van der Waals surface area contributed by atoms with Gasteiger partial charge < -0.3 is 5.73 Å². The Balaban J connectivity index is 2.61. The van der Waals surface area contributed by atoms with Crippen LogP contribution < -0.4 is 5.73 Å². The summed E-state index contributed by atoms with van der Waals surface area (Å²) in [5.74, 6) is 2.54.